The lowest BCUT2D eigenvalue weighted by Gasteiger charge is -2.19. The number of hydrogen-bond donors (Lipinski definition) is 2. The molecule has 0 aliphatic carbocycles. The van der Waals surface area contributed by atoms with Crippen molar-refractivity contribution in [2.75, 3.05) is 30.9 Å². The Kier molecular flexibility index (Phi) is 8.08. The van der Waals surface area contributed by atoms with E-state index in [-0.39, 0.29) is 22.6 Å². The van der Waals surface area contributed by atoms with Gasteiger partial charge in [-0.1, -0.05) is 0 Å². The average Bonchev–Trinajstić information content (AvgIpc) is 2.68. The molecule has 164 valence electrons. The Labute approximate surface area is 177 Å². The SMILES string of the molecule is COC[C@@H](C)Nc1ccc(C(=O)OC(C)C)cc1S(=O)(=O)Nc1ccc(OC)cc1. The number of benzene rings is 2. The summed E-state index contributed by atoms with van der Waals surface area (Å²) >= 11 is 0. The van der Waals surface area contributed by atoms with E-state index >= 15 is 0 Å². The Bertz CT molecular complexity index is 958. The summed E-state index contributed by atoms with van der Waals surface area (Å²) in [5.41, 5.74) is 0.854. The minimum atomic E-state index is -4.01. The number of esters is 1. The smallest absolute Gasteiger partial charge is 0.338 e. The lowest BCUT2D eigenvalue weighted by Crippen LogP contribution is -2.24. The van der Waals surface area contributed by atoms with E-state index in [1.807, 2.05) is 6.92 Å². The van der Waals surface area contributed by atoms with Crippen molar-refractivity contribution in [1.82, 2.24) is 0 Å². The molecule has 0 saturated heterocycles. The second-order valence-electron chi connectivity index (χ2n) is 7.00. The monoisotopic (exact) mass is 436 g/mol. The highest BCUT2D eigenvalue weighted by atomic mass is 32.2. The third kappa shape index (κ3) is 6.36. The number of carbonyl (C=O) groups is 1. The maximum atomic E-state index is 13.1. The van der Waals surface area contributed by atoms with Gasteiger partial charge in [0.25, 0.3) is 10.0 Å². The van der Waals surface area contributed by atoms with Crippen molar-refractivity contribution in [2.24, 2.45) is 0 Å². The third-order valence-electron chi connectivity index (χ3n) is 4.01. The molecule has 0 bridgehead atoms. The van der Waals surface area contributed by atoms with Crippen molar-refractivity contribution in [3.63, 3.8) is 0 Å². The van der Waals surface area contributed by atoms with Gasteiger partial charge in [0.15, 0.2) is 0 Å². The van der Waals surface area contributed by atoms with Crippen LogP contribution in [0.15, 0.2) is 47.4 Å². The summed E-state index contributed by atoms with van der Waals surface area (Å²) in [5, 5.41) is 3.11. The van der Waals surface area contributed by atoms with Crippen molar-refractivity contribution in [3.05, 3.63) is 48.0 Å². The summed E-state index contributed by atoms with van der Waals surface area (Å²) in [6.07, 6.45) is -0.325. The summed E-state index contributed by atoms with van der Waals surface area (Å²) in [7, 11) is -0.921. The molecule has 0 spiro atoms. The van der Waals surface area contributed by atoms with Gasteiger partial charge >= 0.3 is 5.97 Å². The molecule has 0 saturated carbocycles. The molecule has 8 nitrogen and oxygen atoms in total. The first-order valence-electron chi connectivity index (χ1n) is 9.43. The Morgan fingerprint density at radius 1 is 1.03 bits per heavy atom. The third-order valence-corrected chi connectivity index (χ3v) is 5.43. The molecule has 0 unspecified atom stereocenters. The quantitative estimate of drug-likeness (QED) is 0.549. The largest absolute Gasteiger partial charge is 0.497 e. The van der Waals surface area contributed by atoms with Crippen molar-refractivity contribution in [2.45, 2.75) is 37.8 Å². The van der Waals surface area contributed by atoms with E-state index in [0.717, 1.165) is 0 Å². The predicted octanol–water partition coefficient (Wildman–Crippen LogP) is 3.51. The van der Waals surface area contributed by atoms with Crippen LogP contribution in [0.1, 0.15) is 31.1 Å². The van der Waals surface area contributed by atoms with Gasteiger partial charge in [-0.2, -0.15) is 0 Å². The van der Waals surface area contributed by atoms with Crippen molar-refractivity contribution >= 4 is 27.4 Å². The zero-order chi connectivity index (χ0) is 22.3. The van der Waals surface area contributed by atoms with E-state index in [2.05, 4.69) is 10.0 Å². The number of ether oxygens (including phenoxy) is 3. The Morgan fingerprint density at radius 2 is 1.70 bits per heavy atom. The zero-order valence-electron chi connectivity index (χ0n) is 17.8. The van der Waals surface area contributed by atoms with Gasteiger partial charge in [0.05, 0.1) is 31.1 Å². The molecule has 2 aromatic carbocycles. The minimum absolute atomic E-state index is 0.0699. The van der Waals surface area contributed by atoms with E-state index < -0.39 is 16.0 Å². The fourth-order valence-corrected chi connectivity index (χ4v) is 3.95. The highest BCUT2D eigenvalue weighted by Crippen LogP contribution is 2.27. The van der Waals surface area contributed by atoms with E-state index in [1.165, 1.54) is 19.2 Å². The molecule has 0 fully saturated rings. The molecule has 0 aromatic heterocycles. The molecule has 0 radical (unpaired) electrons. The summed E-state index contributed by atoms with van der Waals surface area (Å²) in [4.78, 5) is 12.2. The first kappa shape index (κ1) is 23.5. The highest BCUT2D eigenvalue weighted by Gasteiger charge is 2.23. The first-order chi connectivity index (χ1) is 14.2. The van der Waals surface area contributed by atoms with Gasteiger partial charge in [-0.3, -0.25) is 4.72 Å². The van der Waals surface area contributed by atoms with Crippen LogP contribution in [0, 0.1) is 0 Å². The van der Waals surface area contributed by atoms with Crippen molar-refractivity contribution in [3.8, 4) is 5.75 Å². The van der Waals surface area contributed by atoms with Gasteiger partial charge in [-0.05, 0) is 63.2 Å². The molecule has 0 heterocycles. The fourth-order valence-electron chi connectivity index (χ4n) is 2.70. The Balaban J connectivity index is 2.43. The van der Waals surface area contributed by atoms with E-state index in [4.69, 9.17) is 14.2 Å². The lowest BCUT2D eigenvalue weighted by molar-refractivity contribution is 0.0377. The molecule has 30 heavy (non-hydrogen) atoms. The van der Waals surface area contributed by atoms with E-state index in [9.17, 15) is 13.2 Å². The topological polar surface area (TPSA) is 103 Å². The molecule has 1 atom stereocenters. The van der Waals surface area contributed by atoms with Gasteiger partial charge in [-0.15, -0.1) is 0 Å². The van der Waals surface area contributed by atoms with Crippen LogP contribution in [0.3, 0.4) is 0 Å². The summed E-state index contributed by atoms with van der Waals surface area (Å²) in [6.45, 7) is 5.69. The van der Waals surface area contributed by atoms with Crippen molar-refractivity contribution in [1.29, 1.82) is 0 Å². The fraction of sp³-hybridized carbons (Fsp3) is 0.381. The average molecular weight is 437 g/mol. The first-order valence-corrected chi connectivity index (χ1v) is 10.9. The Morgan fingerprint density at radius 3 is 2.27 bits per heavy atom. The maximum absolute atomic E-state index is 13.1. The number of nitrogens with one attached hydrogen (secondary N) is 2. The Hall–Kier alpha value is -2.78. The number of anilines is 2. The second-order valence-corrected chi connectivity index (χ2v) is 8.65. The molecule has 9 heteroatoms. The molecule has 0 aliphatic rings. The van der Waals surface area contributed by atoms with Gasteiger partial charge in [0, 0.05) is 18.8 Å². The molecule has 0 aliphatic heterocycles. The highest BCUT2D eigenvalue weighted by molar-refractivity contribution is 7.92. The second kappa shape index (κ2) is 10.3. The van der Waals surface area contributed by atoms with E-state index in [0.29, 0.717) is 23.7 Å². The van der Waals surface area contributed by atoms with Crippen LogP contribution in [-0.2, 0) is 19.5 Å². The number of carbonyl (C=O) groups excluding carboxylic acids is 1. The van der Waals surface area contributed by atoms with E-state index in [1.54, 1.807) is 51.3 Å². The van der Waals surface area contributed by atoms with Gasteiger partial charge in [0.1, 0.15) is 10.6 Å². The predicted molar refractivity (Wildman–Crippen MR) is 116 cm³/mol. The van der Waals surface area contributed by atoms with Gasteiger partial charge in [-0.25, -0.2) is 13.2 Å². The molecule has 2 aromatic rings. The molecular formula is C21H28N2O6S. The zero-order valence-corrected chi connectivity index (χ0v) is 18.6. The van der Waals surface area contributed by atoms with Crippen LogP contribution >= 0.6 is 0 Å². The number of hydrogen-bond acceptors (Lipinski definition) is 7. The number of sulfonamides is 1. The van der Waals surface area contributed by atoms with Crippen LogP contribution in [0.25, 0.3) is 0 Å². The van der Waals surface area contributed by atoms with Gasteiger partial charge < -0.3 is 19.5 Å². The summed E-state index contributed by atoms with van der Waals surface area (Å²) in [6, 6.07) is 10.7. The molecule has 0 amide bonds. The van der Waals surface area contributed by atoms with Crippen LogP contribution in [0.4, 0.5) is 11.4 Å². The standard InChI is InChI=1S/C21H28N2O6S/c1-14(2)29-21(24)16-6-11-19(22-15(3)13-27-4)20(12-16)30(25,26)23-17-7-9-18(28-5)10-8-17/h6-12,14-15,22-23H,13H2,1-5H3/t15-/m1/s1. The van der Waals surface area contributed by atoms with Crippen LogP contribution < -0.4 is 14.8 Å². The van der Waals surface area contributed by atoms with Crippen LogP contribution in [0.5, 0.6) is 5.75 Å². The van der Waals surface area contributed by atoms with Crippen LogP contribution in [0.2, 0.25) is 0 Å². The maximum Gasteiger partial charge on any atom is 0.338 e. The normalized spacial score (nSPS) is 12.3. The minimum Gasteiger partial charge on any atom is -0.497 e. The lowest BCUT2D eigenvalue weighted by atomic mass is 10.2. The van der Waals surface area contributed by atoms with Crippen LogP contribution in [-0.4, -0.2) is 47.4 Å². The molecule has 2 N–H and O–H groups in total. The van der Waals surface area contributed by atoms with Gasteiger partial charge in [0.2, 0.25) is 0 Å². The summed E-state index contributed by atoms with van der Waals surface area (Å²) in [5.74, 6) is 0.00881. The number of methoxy groups -OCH3 is 2. The number of rotatable bonds is 10. The summed E-state index contributed by atoms with van der Waals surface area (Å²) < 4.78 is 44.2. The molecular weight excluding hydrogens is 408 g/mol. The van der Waals surface area contributed by atoms with Crippen molar-refractivity contribution < 1.29 is 27.4 Å². The molecule has 2 rings (SSSR count).